The standard InChI is InChI=1S/2C18H15P.C8H12.3CHF3O3S.Rh/c2*1-4-10-16(11-5-1)19(17-12-6-2-7-13-17)18-14-8-3-9-15-18;1-2-4-6-8-7-5-3-1;3*2-1(3,4)8(5,6)7;/h2*1-15H;1-2,7-8H,3-6H2;3*(H,5,6,7);/q;;;;;;+3/p-3/b;;2-1-,8-7?;;;;. The largest absolute Gasteiger partial charge is 3.00 e. The van der Waals surface area contributed by atoms with Gasteiger partial charge < -0.3 is 13.7 Å². The van der Waals surface area contributed by atoms with Crippen LogP contribution in [0.25, 0.3) is 0 Å². The molecule has 0 heterocycles. The number of allylic oxidation sites excluding steroid dienone is 4. The van der Waals surface area contributed by atoms with E-state index < -0.39 is 62.7 Å². The summed E-state index contributed by atoms with van der Waals surface area (Å²) in [6, 6.07) is 64.7. The Balaban J connectivity index is 0.000000450. The first-order chi connectivity index (χ1) is 32.6. The zero-order chi connectivity index (χ0) is 52.5. The number of hydrogen-bond donors (Lipinski definition) is 0. The van der Waals surface area contributed by atoms with Crippen LogP contribution in [0.2, 0.25) is 0 Å². The van der Waals surface area contributed by atoms with E-state index in [0.29, 0.717) is 0 Å². The molecule has 0 aromatic heterocycles. The fourth-order valence-electron chi connectivity index (χ4n) is 5.21. The summed E-state index contributed by atoms with van der Waals surface area (Å²) in [4.78, 5) is 0. The molecular weight excluding hydrogens is 1140 g/mol. The molecule has 9 nitrogen and oxygen atoms in total. The van der Waals surface area contributed by atoms with E-state index in [1.54, 1.807) is 0 Å². The molecule has 71 heavy (non-hydrogen) atoms. The molecule has 1 aliphatic rings. The molecule has 7 rings (SSSR count). The van der Waals surface area contributed by atoms with Crippen LogP contribution in [0.1, 0.15) is 25.7 Å². The smallest absolute Gasteiger partial charge is 0.741 e. The van der Waals surface area contributed by atoms with Crippen molar-refractivity contribution in [2.75, 3.05) is 0 Å². The maximum Gasteiger partial charge on any atom is 3.00 e. The van der Waals surface area contributed by atoms with E-state index in [4.69, 9.17) is 38.9 Å². The molecule has 6 aromatic rings. The normalized spacial score (nSPS) is 13.1. The van der Waals surface area contributed by atoms with Gasteiger partial charge in [0.1, 0.15) is 0 Å². The van der Waals surface area contributed by atoms with Crippen LogP contribution >= 0.6 is 15.8 Å². The van der Waals surface area contributed by atoms with Crippen molar-refractivity contribution in [3.05, 3.63) is 206 Å². The average Bonchev–Trinajstić information content (AvgIpc) is 3.28. The predicted octanol–water partition coefficient (Wildman–Crippen LogP) is 9.71. The van der Waals surface area contributed by atoms with Crippen molar-refractivity contribution >= 4 is 78.0 Å². The van der Waals surface area contributed by atoms with Crippen LogP contribution in [-0.2, 0) is 49.8 Å². The van der Waals surface area contributed by atoms with E-state index in [0.717, 1.165) is 0 Å². The van der Waals surface area contributed by atoms with Gasteiger partial charge in [-0.05, 0) is 73.4 Å². The SMILES string of the molecule is C1=CCC/C=C\CC1.O=S(=O)([O-])C(F)(F)F.O=S(=O)([O-])C(F)(F)F.O=S(=O)([O-])C(F)(F)F.[Rh+3].c1ccc(P(c2ccccc2)c2ccccc2)cc1.c1ccc(P(c2ccccc2)c2ccccc2)cc1. The molecule has 0 bridgehead atoms. The Labute approximate surface area is 422 Å². The minimum atomic E-state index is -6.09. The predicted molar refractivity (Wildman–Crippen MR) is 254 cm³/mol. The van der Waals surface area contributed by atoms with Crippen molar-refractivity contribution in [3.8, 4) is 0 Å². The van der Waals surface area contributed by atoms with Gasteiger partial charge in [-0.1, -0.05) is 206 Å². The van der Waals surface area contributed by atoms with E-state index in [1.165, 1.54) is 57.5 Å². The van der Waals surface area contributed by atoms with E-state index in [1.807, 2.05) is 0 Å². The molecule has 0 atom stereocenters. The Morgan fingerprint density at radius 3 is 0.507 bits per heavy atom. The van der Waals surface area contributed by atoms with E-state index in [2.05, 4.69) is 206 Å². The Morgan fingerprint density at radius 2 is 0.408 bits per heavy atom. The van der Waals surface area contributed by atoms with Crippen LogP contribution < -0.4 is 31.8 Å². The van der Waals surface area contributed by atoms with Gasteiger partial charge in [-0.25, -0.2) is 25.3 Å². The van der Waals surface area contributed by atoms with Gasteiger partial charge in [-0.2, -0.15) is 39.5 Å². The molecule has 0 radical (unpaired) electrons. The Kier molecular flexibility index (Phi) is 28.2. The van der Waals surface area contributed by atoms with Crippen LogP contribution in [-0.4, -0.2) is 55.4 Å². The van der Waals surface area contributed by atoms with Crippen molar-refractivity contribution < 1.29 is 97.9 Å². The molecule has 0 spiro atoms. The van der Waals surface area contributed by atoms with Gasteiger partial charge in [0.2, 0.25) is 0 Å². The van der Waals surface area contributed by atoms with Gasteiger partial charge in [0, 0.05) is 0 Å². The molecule has 0 saturated carbocycles. The van der Waals surface area contributed by atoms with Crippen molar-refractivity contribution in [3.63, 3.8) is 0 Å². The summed E-state index contributed by atoms with van der Waals surface area (Å²) in [5.41, 5.74) is -16.9. The average molecular weight is 1180 g/mol. The Morgan fingerprint density at radius 1 is 0.296 bits per heavy atom. The minimum absolute atomic E-state index is 0. The molecule has 384 valence electrons. The number of benzene rings is 6. The second kappa shape index (κ2) is 31.1. The van der Waals surface area contributed by atoms with Gasteiger partial charge in [-0.15, -0.1) is 0 Å². The molecule has 0 unspecified atom stereocenters. The van der Waals surface area contributed by atoms with Gasteiger partial charge in [0.05, 0.1) is 0 Å². The zero-order valence-electron chi connectivity index (χ0n) is 36.5. The minimum Gasteiger partial charge on any atom is -0.741 e. The molecule has 0 saturated heterocycles. The van der Waals surface area contributed by atoms with E-state index >= 15 is 0 Å². The number of rotatable bonds is 6. The van der Waals surface area contributed by atoms with Gasteiger partial charge in [0.15, 0.2) is 30.4 Å². The summed E-state index contributed by atoms with van der Waals surface area (Å²) in [5, 5.41) is 8.39. The van der Waals surface area contributed by atoms with Crippen molar-refractivity contribution in [1.29, 1.82) is 0 Å². The van der Waals surface area contributed by atoms with Gasteiger partial charge in [-0.3, -0.25) is 0 Å². The molecule has 0 fully saturated rings. The molecule has 6 aromatic carbocycles. The van der Waals surface area contributed by atoms with Crippen molar-refractivity contribution in [2.24, 2.45) is 0 Å². The Bertz CT molecular complexity index is 2370. The first kappa shape index (κ1) is 64.4. The van der Waals surface area contributed by atoms with Gasteiger partial charge >= 0.3 is 36.0 Å². The number of hydrogen-bond acceptors (Lipinski definition) is 9. The third-order valence-electron chi connectivity index (χ3n) is 8.27. The fourth-order valence-corrected chi connectivity index (χ4v) is 9.82. The third-order valence-corrected chi connectivity index (χ3v) is 14.9. The molecular formula is C47H42F9O9P2RhS3. The summed E-state index contributed by atoms with van der Waals surface area (Å²) in [5.74, 6) is 0. The summed E-state index contributed by atoms with van der Waals surface area (Å²) < 4.78 is 177. The van der Waals surface area contributed by atoms with Crippen molar-refractivity contribution in [2.45, 2.75) is 42.2 Å². The summed E-state index contributed by atoms with van der Waals surface area (Å²) in [7, 11) is -19.2. The number of halogens is 9. The monoisotopic (exact) mass is 1180 g/mol. The zero-order valence-corrected chi connectivity index (χ0v) is 42.4. The maximum absolute atomic E-state index is 10.7. The van der Waals surface area contributed by atoms with Crippen LogP contribution in [0, 0.1) is 0 Å². The van der Waals surface area contributed by atoms with Crippen LogP contribution in [0.3, 0.4) is 0 Å². The van der Waals surface area contributed by atoms with Gasteiger partial charge in [0.25, 0.3) is 0 Å². The summed E-state index contributed by atoms with van der Waals surface area (Å²) in [6.45, 7) is 0. The summed E-state index contributed by atoms with van der Waals surface area (Å²) in [6.07, 6.45) is 14.0. The molecule has 0 N–H and O–H groups in total. The van der Waals surface area contributed by atoms with Crippen LogP contribution in [0.15, 0.2) is 206 Å². The first-order valence-electron chi connectivity index (χ1n) is 19.9. The molecule has 0 aliphatic heterocycles. The second-order valence-corrected chi connectivity index (χ2v) is 22.0. The van der Waals surface area contributed by atoms with Crippen LogP contribution in [0.5, 0.6) is 0 Å². The fraction of sp³-hybridized carbons (Fsp3) is 0.149. The molecule has 24 heteroatoms. The summed E-state index contributed by atoms with van der Waals surface area (Å²) >= 11 is 0. The van der Waals surface area contributed by atoms with E-state index in [-0.39, 0.29) is 19.5 Å². The molecule has 0 amide bonds. The molecule has 1 aliphatic carbocycles. The van der Waals surface area contributed by atoms with Crippen molar-refractivity contribution in [1.82, 2.24) is 0 Å². The van der Waals surface area contributed by atoms with E-state index in [9.17, 15) is 39.5 Å². The Hall–Kier alpha value is -4.62. The third kappa shape index (κ3) is 25.1. The van der Waals surface area contributed by atoms with Crippen LogP contribution in [0.4, 0.5) is 39.5 Å². The second-order valence-electron chi connectivity index (χ2n) is 13.5. The quantitative estimate of drug-likeness (QED) is 0.0393. The first-order valence-corrected chi connectivity index (χ1v) is 26.8. The number of alkyl halides is 9. The topological polar surface area (TPSA) is 172 Å². The maximum atomic E-state index is 10.7.